The first-order chi connectivity index (χ1) is 8.88. The fraction of sp³-hybridized carbons (Fsp3) is 0.333. The van der Waals surface area contributed by atoms with E-state index in [1.807, 2.05) is 26.0 Å². The topological polar surface area (TPSA) is 42.0 Å². The Morgan fingerprint density at radius 2 is 2.05 bits per heavy atom. The highest BCUT2D eigenvalue weighted by Crippen LogP contribution is 2.34. The summed E-state index contributed by atoms with van der Waals surface area (Å²) >= 11 is 11.8. The summed E-state index contributed by atoms with van der Waals surface area (Å²) in [5.41, 5.74) is 0.860. The number of hydrogen-bond donors (Lipinski definition) is 1. The molecule has 0 saturated carbocycles. The maximum Gasteiger partial charge on any atom is 0.240 e. The van der Waals surface area contributed by atoms with Crippen LogP contribution in [0.2, 0.25) is 0 Å². The number of nitrogens with one attached hydrogen (secondary N) is 1. The molecule has 1 aromatic carbocycles. The molecule has 0 aliphatic heterocycles. The van der Waals surface area contributed by atoms with Gasteiger partial charge in [-0.1, -0.05) is 57.0 Å². The fourth-order valence-corrected chi connectivity index (χ4v) is 4.13. The van der Waals surface area contributed by atoms with Crippen molar-refractivity contribution in [1.82, 2.24) is 4.98 Å². The molecule has 0 radical (unpaired) electrons. The molecule has 0 bridgehead atoms. The summed E-state index contributed by atoms with van der Waals surface area (Å²) < 4.78 is 2.91. The molecule has 0 aliphatic rings. The first kappa shape index (κ1) is 15.4. The second kappa shape index (κ2) is 6.20. The molecular weight excluding hydrogens is 460 g/mol. The van der Waals surface area contributed by atoms with Crippen LogP contribution in [-0.2, 0) is 4.79 Å². The predicted octanol–water partition coefficient (Wildman–Crippen LogP) is 5.18. The number of nitrogens with zero attached hydrogens (tertiary/aromatic N) is 1. The van der Waals surface area contributed by atoms with Crippen molar-refractivity contribution in [2.75, 3.05) is 5.32 Å². The predicted molar refractivity (Wildman–Crippen MR) is 91.2 cm³/mol. The fourth-order valence-electron chi connectivity index (χ4n) is 1.49. The molecule has 1 amide bonds. The first-order valence-electron chi connectivity index (χ1n) is 5.59. The highest BCUT2D eigenvalue weighted by molar-refractivity contribution is 9.11. The van der Waals surface area contributed by atoms with Gasteiger partial charge in [0.2, 0.25) is 5.91 Å². The molecule has 2 aromatic rings. The number of carbonyl (C=O) groups excluding carboxylic acids is 1. The second-order valence-corrected chi connectivity index (χ2v) is 8.18. The van der Waals surface area contributed by atoms with Crippen molar-refractivity contribution in [3.63, 3.8) is 0 Å². The molecule has 19 heavy (non-hydrogen) atoms. The average molecular weight is 471 g/mol. The van der Waals surface area contributed by atoms with Gasteiger partial charge < -0.3 is 5.32 Å². The molecule has 1 atom stereocenters. The van der Waals surface area contributed by atoms with Gasteiger partial charge in [0.1, 0.15) is 0 Å². The molecule has 2 rings (SSSR count). The van der Waals surface area contributed by atoms with Gasteiger partial charge in [0.15, 0.2) is 5.13 Å². The molecular formula is C12H11Br3N2OS. The molecule has 0 saturated heterocycles. The van der Waals surface area contributed by atoms with Gasteiger partial charge in [0.25, 0.3) is 0 Å². The van der Waals surface area contributed by atoms with Gasteiger partial charge in [-0.3, -0.25) is 4.79 Å². The van der Waals surface area contributed by atoms with Crippen LogP contribution in [0.25, 0.3) is 10.2 Å². The van der Waals surface area contributed by atoms with Crippen LogP contribution in [0.4, 0.5) is 5.13 Å². The van der Waals surface area contributed by atoms with E-state index in [1.54, 1.807) is 0 Å². The Morgan fingerprint density at radius 3 is 2.68 bits per heavy atom. The smallest absolute Gasteiger partial charge is 0.240 e. The lowest BCUT2D eigenvalue weighted by molar-refractivity contribution is -0.116. The summed E-state index contributed by atoms with van der Waals surface area (Å²) in [6.07, 6.45) is 0. The van der Waals surface area contributed by atoms with Crippen LogP contribution in [0.3, 0.4) is 0 Å². The number of halogens is 3. The van der Waals surface area contributed by atoms with E-state index in [2.05, 4.69) is 58.1 Å². The van der Waals surface area contributed by atoms with Gasteiger partial charge >= 0.3 is 0 Å². The van der Waals surface area contributed by atoms with Gasteiger partial charge in [-0.2, -0.15) is 0 Å². The van der Waals surface area contributed by atoms with Crippen LogP contribution in [0.5, 0.6) is 0 Å². The maximum absolute atomic E-state index is 12.0. The number of carbonyl (C=O) groups is 1. The SMILES string of the molecule is CC(C)[C@@H](Br)C(=O)Nc1nc2c(Br)cc(Br)cc2s1. The number of thiazole rings is 1. The monoisotopic (exact) mass is 468 g/mol. The lowest BCUT2D eigenvalue weighted by atomic mass is 10.1. The van der Waals surface area contributed by atoms with Crippen molar-refractivity contribution in [2.45, 2.75) is 18.7 Å². The van der Waals surface area contributed by atoms with Crippen LogP contribution in [0.1, 0.15) is 13.8 Å². The van der Waals surface area contributed by atoms with Gasteiger partial charge in [-0.25, -0.2) is 4.98 Å². The van der Waals surface area contributed by atoms with Crippen molar-refractivity contribution in [3.8, 4) is 0 Å². The molecule has 1 aromatic heterocycles. The lowest BCUT2D eigenvalue weighted by Gasteiger charge is -2.11. The Labute approximate surface area is 140 Å². The third-order valence-corrected chi connectivity index (χ3v) is 5.93. The van der Waals surface area contributed by atoms with E-state index in [0.29, 0.717) is 5.13 Å². The van der Waals surface area contributed by atoms with Gasteiger partial charge in [0.05, 0.1) is 15.0 Å². The molecule has 1 N–H and O–H groups in total. The van der Waals surface area contributed by atoms with Crippen LogP contribution in [0.15, 0.2) is 21.1 Å². The number of anilines is 1. The third-order valence-electron chi connectivity index (χ3n) is 2.48. The zero-order valence-corrected chi connectivity index (χ0v) is 15.8. The molecule has 0 aliphatic carbocycles. The van der Waals surface area contributed by atoms with E-state index >= 15 is 0 Å². The summed E-state index contributed by atoms with van der Waals surface area (Å²) in [5.74, 6) is 0.166. The Bertz CT molecular complexity index is 627. The number of rotatable bonds is 3. The van der Waals surface area contributed by atoms with Crippen LogP contribution in [0, 0.1) is 5.92 Å². The number of alkyl halides is 1. The lowest BCUT2D eigenvalue weighted by Crippen LogP contribution is -2.26. The Morgan fingerprint density at radius 1 is 1.37 bits per heavy atom. The molecule has 7 heteroatoms. The van der Waals surface area contributed by atoms with Crippen molar-refractivity contribution in [1.29, 1.82) is 0 Å². The number of aromatic nitrogens is 1. The highest BCUT2D eigenvalue weighted by Gasteiger charge is 2.20. The second-order valence-electron chi connectivity index (χ2n) is 4.39. The Balaban J connectivity index is 2.27. The zero-order chi connectivity index (χ0) is 14.2. The normalized spacial score (nSPS) is 12.9. The number of amides is 1. The molecule has 0 fully saturated rings. The number of fused-ring (bicyclic) bond motifs is 1. The van der Waals surface area contributed by atoms with Crippen LogP contribution in [-0.4, -0.2) is 15.7 Å². The van der Waals surface area contributed by atoms with E-state index in [0.717, 1.165) is 19.2 Å². The van der Waals surface area contributed by atoms with Gasteiger partial charge in [0, 0.05) is 8.95 Å². The molecule has 3 nitrogen and oxygen atoms in total. The molecule has 1 heterocycles. The van der Waals surface area contributed by atoms with E-state index in [-0.39, 0.29) is 16.7 Å². The average Bonchev–Trinajstić information content (AvgIpc) is 2.70. The number of hydrogen-bond acceptors (Lipinski definition) is 3. The third kappa shape index (κ3) is 3.56. The van der Waals surface area contributed by atoms with Crippen LogP contribution >= 0.6 is 59.1 Å². The van der Waals surface area contributed by atoms with Crippen molar-refractivity contribution < 1.29 is 4.79 Å². The standard InChI is InChI=1S/C12H11Br3N2OS/c1-5(2)9(15)11(18)17-12-16-10-7(14)3-6(13)4-8(10)19-12/h3-5,9H,1-2H3,(H,16,17,18)/t9-/m1/s1. The Hall–Kier alpha value is 0.0200. The quantitative estimate of drug-likeness (QED) is 0.628. The van der Waals surface area contributed by atoms with E-state index < -0.39 is 0 Å². The van der Waals surface area contributed by atoms with Crippen molar-refractivity contribution in [3.05, 3.63) is 21.1 Å². The summed E-state index contributed by atoms with van der Waals surface area (Å²) in [6, 6.07) is 3.93. The molecule has 0 unspecified atom stereocenters. The van der Waals surface area contributed by atoms with Crippen molar-refractivity contribution in [2.24, 2.45) is 5.92 Å². The summed E-state index contributed by atoms with van der Waals surface area (Å²) in [6.45, 7) is 3.98. The van der Waals surface area contributed by atoms with E-state index in [9.17, 15) is 4.79 Å². The first-order valence-corrected chi connectivity index (χ1v) is 8.91. The van der Waals surface area contributed by atoms with Crippen molar-refractivity contribution >= 4 is 80.4 Å². The van der Waals surface area contributed by atoms with E-state index in [1.165, 1.54) is 11.3 Å². The van der Waals surface area contributed by atoms with E-state index in [4.69, 9.17) is 0 Å². The van der Waals surface area contributed by atoms with Crippen LogP contribution < -0.4 is 5.32 Å². The summed E-state index contributed by atoms with van der Waals surface area (Å²) in [4.78, 5) is 16.2. The minimum Gasteiger partial charge on any atom is -0.301 e. The largest absolute Gasteiger partial charge is 0.301 e. The Kier molecular flexibility index (Phi) is 5.03. The minimum absolute atomic E-state index is 0.0655. The molecule has 102 valence electrons. The van der Waals surface area contributed by atoms with Gasteiger partial charge in [-0.15, -0.1) is 0 Å². The highest BCUT2D eigenvalue weighted by atomic mass is 79.9. The summed E-state index contributed by atoms with van der Waals surface area (Å²) in [7, 11) is 0. The summed E-state index contributed by atoms with van der Waals surface area (Å²) in [5, 5.41) is 3.46. The maximum atomic E-state index is 12.0. The zero-order valence-electron chi connectivity index (χ0n) is 10.2. The minimum atomic E-state index is -0.213. The van der Waals surface area contributed by atoms with Gasteiger partial charge in [-0.05, 0) is 34.0 Å². The number of benzene rings is 1. The molecule has 0 spiro atoms.